The monoisotopic (exact) mass is 448 g/mol. The van der Waals surface area contributed by atoms with Crippen molar-refractivity contribution in [2.75, 3.05) is 24.5 Å². The summed E-state index contributed by atoms with van der Waals surface area (Å²) < 4.78 is 44.2. The van der Waals surface area contributed by atoms with Crippen molar-refractivity contribution < 1.29 is 13.2 Å². The number of hydrogen-bond donors (Lipinski definition) is 0. The maximum Gasteiger partial charge on any atom is 0.435 e. The molecule has 7 heteroatoms. The van der Waals surface area contributed by atoms with Gasteiger partial charge in [-0.25, -0.2) is 4.98 Å². The van der Waals surface area contributed by atoms with E-state index in [0.717, 1.165) is 60.6 Å². The number of imidazole rings is 1. The zero-order valence-corrected chi connectivity index (χ0v) is 19.7. The van der Waals surface area contributed by atoms with Crippen molar-refractivity contribution in [3.05, 3.63) is 40.2 Å². The van der Waals surface area contributed by atoms with E-state index in [1.807, 2.05) is 30.2 Å². The molecule has 0 amide bonds. The van der Waals surface area contributed by atoms with E-state index >= 15 is 0 Å². The Balaban J connectivity index is 1.73. The summed E-state index contributed by atoms with van der Waals surface area (Å²) in [5, 5.41) is 0. The number of benzene rings is 1. The fraction of sp³-hybridized carbons (Fsp3) is 0.640. The van der Waals surface area contributed by atoms with Crippen LogP contribution in [0.25, 0.3) is 0 Å². The largest absolute Gasteiger partial charge is 0.435 e. The van der Waals surface area contributed by atoms with E-state index in [2.05, 4.69) is 28.9 Å². The Bertz CT molecular complexity index is 936. The highest BCUT2D eigenvalue weighted by atomic mass is 19.4. The summed E-state index contributed by atoms with van der Waals surface area (Å²) in [6.07, 6.45) is 0.880. The first kappa shape index (κ1) is 23.1. The SMILES string of the molecule is CCCN(CCC1CC1)Cc1c(C(F)(F)F)nc2n1CCCN2c1c(C)cc(C)cc1C. The zero-order valence-electron chi connectivity index (χ0n) is 19.7. The third kappa shape index (κ3) is 4.82. The van der Waals surface area contributed by atoms with E-state index in [0.29, 0.717) is 31.3 Å². The van der Waals surface area contributed by atoms with Gasteiger partial charge in [-0.2, -0.15) is 13.2 Å². The van der Waals surface area contributed by atoms with Crippen molar-refractivity contribution in [3.8, 4) is 0 Å². The molecule has 2 aromatic rings. The molecule has 0 saturated heterocycles. The maximum atomic E-state index is 14.1. The van der Waals surface area contributed by atoms with Crippen LogP contribution >= 0.6 is 0 Å². The van der Waals surface area contributed by atoms with Crippen molar-refractivity contribution in [2.45, 2.75) is 79.1 Å². The molecule has 0 spiro atoms. The fourth-order valence-corrected chi connectivity index (χ4v) is 5.17. The van der Waals surface area contributed by atoms with Crippen LogP contribution in [0.5, 0.6) is 0 Å². The molecular weight excluding hydrogens is 413 g/mol. The maximum absolute atomic E-state index is 14.1. The average molecular weight is 449 g/mol. The molecule has 2 heterocycles. The molecule has 1 aromatic heterocycles. The lowest BCUT2D eigenvalue weighted by Gasteiger charge is -2.33. The molecule has 1 aliphatic carbocycles. The molecule has 32 heavy (non-hydrogen) atoms. The number of rotatable bonds is 8. The Morgan fingerprint density at radius 1 is 1.06 bits per heavy atom. The number of aryl methyl sites for hydroxylation is 3. The van der Waals surface area contributed by atoms with Crippen LogP contribution in [0.4, 0.5) is 24.8 Å². The number of fused-ring (bicyclic) bond motifs is 1. The topological polar surface area (TPSA) is 24.3 Å². The quantitative estimate of drug-likeness (QED) is 0.468. The molecule has 4 rings (SSSR count). The summed E-state index contributed by atoms with van der Waals surface area (Å²) in [6, 6.07) is 4.19. The summed E-state index contributed by atoms with van der Waals surface area (Å²) in [6.45, 7) is 11.4. The fourth-order valence-electron chi connectivity index (χ4n) is 5.17. The Labute approximate surface area is 189 Å². The second-order valence-corrected chi connectivity index (χ2v) is 9.62. The minimum atomic E-state index is -4.46. The van der Waals surface area contributed by atoms with Gasteiger partial charge in [0, 0.05) is 25.3 Å². The molecule has 0 unspecified atom stereocenters. The van der Waals surface area contributed by atoms with Crippen molar-refractivity contribution in [1.29, 1.82) is 0 Å². The van der Waals surface area contributed by atoms with Crippen LogP contribution in [-0.4, -0.2) is 34.1 Å². The summed E-state index contributed by atoms with van der Waals surface area (Å²) in [7, 11) is 0. The lowest BCUT2D eigenvalue weighted by atomic mass is 10.0. The first-order chi connectivity index (χ1) is 15.2. The number of halogens is 3. The number of anilines is 2. The normalized spacial score (nSPS) is 16.7. The molecule has 1 aliphatic heterocycles. The Kier molecular flexibility index (Phi) is 6.57. The molecule has 4 nitrogen and oxygen atoms in total. The summed E-state index contributed by atoms with van der Waals surface area (Å²) in [4.78, 5) is 8.44. The number of aromatic nitrogens is 2. The van der Waals surface area contributed by atoms with Gasteiger partial charge in [-0.05, 0) is 70.2 Å². The van der Waals surface area contributed by atoms with Crippen LogP contribution in [0.3, 0.4) is 0 Å². The van der Waals surface area contributed by atoms with Crippen molar-refractivity contribution in [3.63, 3.8) is 0 Å². The van der Waals surface area contributed by atoms with Crippen LogP contribution in [0.15, 0.2) is 12.1 Å². The van der Waals surface area contributed by atoms with E-state index < -0.39 is 11.9 Å². The van der Waals surface area contributed by atoms with Gasteiger partial charge in [0.2, 0.25) is 5.95 Å². The molecule has 0 atom stereocenters. The molecular formula is C25H35F3N4. The van der Waals surface area contributed by atoms with E-state index in [-0.39, 0.29) is 0 Å². The summed E-state index contributed by atoms with van der Waals surface area (Å²) in [5.41, 5.74) is 3.91. The Morgan fingerprint density at radius 2 is 1.75 bits per heavy atom. The van der Waals surface area contributed by atoms with Gasteiger partial charge >= 0.3 is 6.18 Å². The molecule has 0 N–H and O–H groups in total. The van der Waals surface area contributed by atoms with Crippen molar-refractivity contribution in [2.24, 2.45) is 5.92 Å². The number of hydrogen-bond acceptors (Lipinski definition) is 3. The first-order valence-electron chi connectivity index (χ1n) is 11.9. The number of nitrogens with zero attached hydrogens (tertiary/aromatic N) is 4. The van der Waals surface area contributed by atoms with Crippen LogP contribution < -0.4 is 4.90 Å². The van der Waals surface area contributed by atoms with Crippen LogP contribution in [0, 0.1) is 26.7 Å². The average Bonchev–Trinajstić information content (AvgIpc) is 3.45. The van der Waals surface area contributed by atoms with Crippen LogP contribution in [0.1, 0.15) is 67.1 Å². The summed E-state index contributed by atoms with van der Waals surface area (Å²) in [5.74, 6) is 1.20. The van der Waals surface area contributed by atoms with Crippen LogP contribution in [0.2, 0.25) is 0 Å². The highest BCUT2D eigenvalue weighted by Crippen LogP contribution is 2.40. The van der Waals surface area contributed by atoms with Gasteiger partial charge < -0.3 is 9.47 Å². The van der Waals surface area contributed by atoms with Gasteiger partial charge in [0.25, 0.3) is 0 Å². The predicted octanol–water partition coefficient (Wildman–Crippen LogP) is 6.38. The van der Waals surface area contributed by atoms with Crippen LogP contribution in [-0.2, 0) is 19.3 Å². The minimum Gasteiger partial charge on any atom is -0.312 e. The van der Waals surface area contributed by atoms with E-state index in [1.54, 1.807) is 0 Å². The Morgan fingerprint density at radius 3 is 2.34 bits per heavy atom. The van der Waals surface area contributed by atoms with Gasteiger partial charge in [0.15, 0.2) is 5.69 Å². The predicted molar refractivity (Wildman–Crippen MR) is 122 cm³/mol. The standard InChI is InChI=1S/C25H35F3N4/c1-5-10-30(13-9-20-7-8-20)16-21-23(25(26,27)28)29-24-31(21)11-6-12-32(24)22-18(3)14-17(2)15-19(22)4/h14-15,20H,5-13,16H2,1-4H3. The lowest BCUT2D eigenvalue weighted by Crippen LogP contribution is -2.32. The van der Waals surface area contributed by atoms with Gasteiger partial charge in [-0.3, -0.25) is 4.90 Å². The molecule has 2 aliphatic rings. The zero-order chi connectivity index (χ0) is 23.0. The van der Waals surface area contributed by atoms with Crippen molar-refractivity contribution >= 4 is 11.6 Å². The van der Waals surface area contributed by atoms with Crippen molar-refractivity contribution in [1.82, 2.24) is 14.5 Å². The second-order valence-electron chi connectivity index (χ2n) is 9.62. The lowest BCUT2D eigenvalue weighted by molar-refractivity contribution is -0.141. The molecule has 0 bridgehead atoms. The summed E-state index contributed by atoms with van der Waals surface area (Å²) >= 11 is 0. The molecule has 0 radical (unpaired) electrons. The van der Waals surface area contributed by atoms with Gasteiger partial charge in [-0.1, -0.05) is 37.5 Å². The number of alkyl halides is 3. The first-order valence-corrected chi connectivity index (χ1v) is 11.9. The molecule has 1 aromatic carbocycles. The highest BCUT2D eigenvalue weighted by Gasteiger charge is 2.41. The third-order valence-corrected chi connectivity index (χ3v) is 6.69. The van der Waals surface area contributed by atoms with E-state index in [9.17, 15) is 13.2 Å². The Hall–Kier alpha value is -2.02. The highest BCUT2D eigenvalue weighted by molar-refractivity contribution is 5.68. The van der Waals surface area contributed by atoms with E-state index in [4.69, 9.17) is 0 Å². The third-order valence-electron chi connectivity index (χ3n) is 6.69. The second kappa shape index (κ2) is 9.08. The van der Waals surface area contributed by atoms with Gasteiger partial charge in [0.1, 0.15) is 0 Å². The molecule has 1 saturated carbocycles. The smallest absolute Gasteiger partial charge is 0.312 e. The van der Waals surface area contributed by atoms with E-state index in [1.165, 1.54) is 12.8 Å². The van der Waals surface area contributed by atoms with Gasteiger partial charge in [-0.15, -0.1) is 0 Å². The molecule has 176 valence electrons. The molecule has 1 fully saturated rings. The minimum absolute atomic E-state index is 0.308. The van der Waals surface area contributed by atoms with Gasteiger partial charge in [0.05, 0.1) is 5.69 Å².